The van der Waals surface area contributed by atoms with E-state index in [0.29, 0.717) is 11.1 Å². The van der Waals surface area contributed by atoms with Gasteiger partial charge in [0.15, 0.2) is 5.75 Å². The lowest BCUT2D eigenvalue weighted by Gasteiger charge is -2.12. The van der Waals surface area contributed by atoms with Crippen LogP contribution in [-0.4, -0.2) is 13.0 Å². The Bertz CT molecular complexity index is 1380. The van der Waals surface area contributed by atoms with Crippen LogP contribution < -0.4 is 4.18 Å². The Hall–Kier alpha value is -4.19. The van der Waals surface area contributed by atoms with E-state index in [1.54, 1.807) is 12.2 Å². The lowest BCUT2D eigenvalue weighted by Crippen LogP contribution is -2.09. The first-order valence-corrected chi connectivity index (χ1v) is 12.4. The Morgan fingerprint density at radius 3 is 1.23 bits per heavy atom. The molecule has 0 amide bonds. The van der Waals surface area contributed by atoms with Crippen molar-refractivity contribution >= 4 is 46.9 Å². The average molecular weight is 481 g/mol. The molecule has 0 atom stereocenters. The summed E-state index contributed by atoms with van der Waals surface area (Å²) in [5.74, 6) is 0.0451. The van der Waals surface area contributed by atoms with Gasteiger partial charge in [0, 0.05) is 11.1 Å². The molecule has 0 aromatic heterocycles. The van der Waals surface area contributed by atoms with E-state index in [4.69, 9.17) is 4.18 Å². The van der Waals surface area contributed by atoms with Crippen molar-refractivity contribution < 1.29 is 17.2 Å². The summed E-state index contributed by atoms with van der Waals surface area (Å²) < 4.78 is 38.0. The van der Waals surface area contributed by atoms with Gasteiger partial charge in [0.1, 0.15) is 0 Å². The quantitative estimate of drug-likeness (QED) is 0.211. The number of benzene rings is 4. The van der Waals surface area contributed by atoms with Crippen LogP contribution in [0.15, 0.2) is 103 Å². The van der Waals surface area contributed by atoms with Gasteiger partial charge >= 0.3 is 10.4 Å². The predicted molar refractivity (Wildman–Crippen MR) is 145 cm³/mol. The van der Waals surface area contributed by atoms with Crippen LogP contribution in [0.5, 0.6) is 5.75 Å². The van der Waals surface area contributed by atoms with Crippen molar-refractivity contribution in [3.63, 3.8) is 0 Å². The lowest BCUT2D eigenvalue weighted by molar-refractivity contribution is 0.386. The minimum Gasteiger partial charge on any atom is -0.361 e. The molecule has 4 rings (SSSR count). The highest BCUT2D eigenvalue weighted by Gasteiger charge is 2.15. The molecule has 4 nitrogen and oxygen atoms in total. The minimum absolute atomic E-state index is 0.0451. The normalized spacial score (nSPS) is 12.0. The molecule has 4 aromatic carbocycles. The number of hydrogen-bond donors (Lipinski definition) is 1. The molecule has 0 saturated heterocycles. The topological polar surface area (TPSA) is 63.6 Å². The summed E-state index contributed by atoms with van der Waals surface area (Å²) in [5, 5.41) is 0. The van der Waals surface area contributed by atoms with E-state index < -0.39 is 10.4 Å². The summed E-state index contributed by atoms with van der Waals surface area (Å²) in [6, 6.07) is 32.8. The minimum atomic E-state index is -4.74. The van der Waals surface area contributed by atoms with Crippen LogP contribution in [0.3, 0.4) is 0 Å². The Morgan fingerprint density at radius 2 is 0.857 bits per heavy atom. The average Bonchev–Trinajstić information content (AvgIpc) is 2.87. The SMILES string of the molecule is O=S(=O)(O)Oc1c(/C=C/c2ccccc2)cc(/C=C/c2ccccc2)cc1/C=C/c1ccccc1. The Kier molecular flexibility index (Phi) is 7.73. The fourth-order valence-corrected chi connectivity index (χ4v) is 3.90. The van der Waals surface area contributed by atoms with Crippen LogP contribution in [0.4, 0.5) is 0 Å². The zero-order valence-electron chi connectivity index (χ0n) is 18.9. The van der Waals surface area contributed by atoms with E-state index in [-0.39, 0.29) is 5.75 Å². The van der Waals surface area contributed by atoms with Crippen molar-refractivity contribution in [3.8, 4) is 5.75 Å². The van der Waals surface area contributed by atoms with E-state index in [2.05, 4.69) is 0 Å². The summed E-state index contributed by atoms with van der Waals surface area (Å²) in [7, 11) is -4.74. The highest BCUT2D eigenvalue weighted by molar-refractivity contribution is 7.81. The Labute approximate surface area is 206 Å². The van der Waals surface area contributed by atoms with Crippen molar-refractivity contribution in [1.82, 2.24) is 0 Å². The molecule has 0 fully saturated rings. The second-order valence-corrected chi connectivity index (χ2v) is 8.79. The molecule has 0 unspecified atom stereocenters. The molecular formula is C30H24O4S. The van der Waals surface area contributed by atoms with Gasteiger partial charge < -0.3 is 4.18 Å². The molecule has 1 N–H and O–H groups in total. The first-order valence-electron chi connectivity index (χ1n) is 11.0. The maximum atomic E-state index is 11.7. The third kappa shape index (κ3) is 7.40. The van der Waals surface area contributed by atoms with E-state index >= 15 is 0 Å². The van der Waals surface area contributed by atoms with Gasteiger partial charge in [-0.05, 0) is 34.4 Å². The van der Waals surface area contributed by atoms with Gasteiger partial charge in [-0.15, -0.1) is 0 Å². The second-order valence-electron chi connectivity index (χ2n) is 7.77. The largest absolute Gasteiger partial charge is 0.446 e. The van der Waals surface area contributed by atoms with Crippen LogP contribution in [0.1, 0.15) is 33.4 Å². The Balaban J connectivity index is 1.83. The van der Waals surface area contributed by atoms with E-state index in [0.717, 1.165) is 22.3 Å². The van der Waals surface area contributed by atoms with Crippen LogP contribution in [0.25, 0.3) is 36.5 Å². The van der Waals surface area contributed by atoms with Crippen molar-refractivity contribution in [3.05, 3.63) is 137 Å². The smallest absolute Gasteiger partial charge is 0.361 e. The van der Waals surface area contributed by atoms with Gasteiger partial charge in [-0.2, -0.15) is 8.42 Å². The summed E-state index contributed by atoms with van der Waals surface area (Å²) in [5.41, 5.74) is 4.78. The molecule has 0 aliphatic rings. The van der Waals surface area contributed by atoms with Gasteiger partial charge in [0.05, 0.1) is 0 Å². The first kappa shape index (κ1) is 24.0. The first-order chi connectivity index (χ1) is 17.0. The monoisotopic (exact) mass is 480 g/mol. The number of rotatable bonds is 8. The molecule has 0 spiro atoms. The lowest BCUT2D eigenvalue weighted by atomic mass is 10.0. The van der Waals surface area contributed by atoms with Gasteiger partial charge in [-0.1, -0.05) is 127 Å². The summed E-state index contributed by atoms with van der Waals surface area (Å²) in [4.78, 5) is 0. The molecule has 0 bridgehead atoms. The maximum Gasteiger partial charge on any atom is 0.446 e. The summed E-state index contributed by atoms with van der Waals surface area (Å²) in [6.45, 7) is 0. The van der Waals surface area contributed by atoms with Crippen molar-refractivity contribution in [2.75, 3.05) is 0 Å². The van der Waals surface area contributed by atoms with Gasteiger partial charge in [-0.25, -0.2) is 0 Å². The third-order valence-electron chi connectivity index (χ3n) is 5.13. The molecule has 5 heteroatoms. The van der Waals surface area contributed by atoms with Gasteiger partial charge in [0.25, 0.3) is 0 Å². The van der Waals surface area contributed by atoms with Crippen molar-refractivity contribution in [2.24, 2.45) is 0 Å². The van der Waals surface area contributed by atoms with Gasteiger partial charge in [0.2, 0.25) is 0 Å². The van der Waals surface area contributed by atoms with Gasteiger partial charge in [-0.3, -0.25) is 4.55 Å². The van der Waals surface area contributed by atoms with Crippen molar-refractivity contribution in [1.29, 1.82) is 0 Å². The van der Waals surface area contributed by atoms with Crippen LogP contribution in [-0.2, 0) is 10.4 Å². The molecule has 4 aromatic rings. The fraction of sp³-hybridized carbons (Fsp3) is 0. The molecule has 0 saturated carbocycles. The standard InChI is InChI=1S/C30H24O4S/c31-35(32,33)34-30-28(20-18-25-12-6-2-7-13-25)22-27(17-16-24-10-4-1-5-11-24)23-29(30)21-19-26-14-8-3-9-15-26/h1-23H,(H,31,32,33)/b17-16+,20-18+,21-19+. The van der Waals surface area contributed by atoms with E-state index in [1.165, 1.54) is 0 Å². The molecule has 0 heterocycles. The van der Waals surface area contributed by atoms with Crippen LogP contribution in [0, 0.1) is 0 Å². The molecule has 0 aliphatic heterocycles. The Morgan fingerprint density at radius 1 is 0.514 bits per heavy atom. The predicted octanol–water partition coefficient (Wildman–Crippen LogP) is 7.38. The second kappa shape index (κ2) is 11.3. The summed E-state index contributed by atoms with van der Waals surface area (Å²) in [6.07, 6.45) is 11.2. The van der Waals surface area contributed by atoms with Crippen molar-refractivity contribution in [2.45, 2.75) is 0 Å². The molecule has 0 aliphatic carbocycles. The highest BCUT2D eigenvalue weighted by atomic mass is 32.3. The zero-order chi connectivity index (χ0) is 24.5. The maximum absolute atomic E-state index is 11.7. The fourth-order valence-electron chi connectivity index (χ4n) is 3.50. The molecule has 174 valence electrons. The van der Waals surface area contributed by atoms with Crippen LogP contribution >= 0.6 is 0 Å². The molecule has 0 radical (unpaired) electrons. The zero-order valence-corrected chi connectivity index (χ0v) is 19.7. The van der Waals surface area contributed by atoms with E-state index in [9.17, 15) is 13.0 Å². The number of hydrogen-bond acceptors (Lipinski definition) is 3. The highest BCUT2D eigenvalue weighted by Crippen LogP contribution is 2.32. The summed E-state index contributed by atoms with van der Waals surface area (Å²) >= 11 is 0. The van der Waals surface area contributed by atoms with Crippen LogP contribution in [0.2, 0.25) is 0 Å². The molecular weight excluding hydrogens is 456 g/mol. The molecule has 35 heavy (non-hydrogen) atoms. The van der Waals surface area contributed by atoms with E-state index in [1.807, 2.05) is 127 Å². The third-order valence-corrected chi connectivity index (χ3v) is 5.51.